The molecule has 0 aromatic carbocycles. The summed E-state index contributed by atoms with van der Waals surface area (Å²) in [5, 5.41) is 7.83. The van der Waals surface area contributed by atoms with E-state index in [9.17, 15) is 13.2 Å². The third-order valence-corrected chi connectivity index (χ3v) is 4.36. The lowest BCUT2D eigenvalue weighted by atomic mass is 10.1. The van der Waals surface area contributed by atoms with Crippen molar-refractivity contribution in [3.63, 3.8) is 0 Å². The Morgan fingerprint density at radius 1 is 1.43 bits per heavy atom. The van der Waals surface area contributed by atoms with Crippen LogP contribution in [0.1, 0.15) is 27.7 Å². The fourth-order valence-corrected chi connectivity index (χ4v) is 3.15. The first-order valence-electron chi connectivity index (χ1n) is 6.65. The van der Waals surface area contributed by atoms with Crippen molar-refractivity contribution in [2.45, 2.75) is 50.6 Å². The Bertz CT molecular complexity index is 532. The van der Waals surface area contributed by atoms with E-state index in [0.29, 0.717) is 0 Å². The van der Waals surface area contributed by atoms with Gasteiger partial charge in [-0.3, -0.25) is 4.90 Å². The summed E-state index contributed by atoms with van der Waals surface area (Å²) in [6.07, 6.45) is 0.347. The first kappa shape index (κ1) is 17.7. The maximum absolute atomic E-state index is 12.3. The van der Waals surface area contributed by atoms with Crippen LogP contribution >= 0.6 is 0 Å². The molecule has 1 heterocycles. The van der Waals surface area contributed by atoms with Gasteiger partial charge in [0.1, 0.15) is 5.60 Å². The Morgan fingerprint density at radius 2 is 2.00 bits per heavy atom. The molecule has 0 bridgehead atoms. The molecule has 120 valence electrons. The van der Waals surface area contributed by atoms with E-state index in [0.717, 1.165) is 6.26 Å². The van der Waals surface area contributed by atoms with Crippen molar-refractivity contribution < 1.29 is 22.7 Å². The second-order valence-electron chi connectivity index (χ2n) is 6.22. The normalized spacial score (nSPS) is 25.0. The third-order valence-electron chi connectivity index (χ3n) is 3.02. The van der Waals surface area contributed by atoms with Crippen LogP contribution in [0.4, 0.5) is 4.79 Å². The quantitative estimate of drug-likeness (QED) is 0.752. The third kappa shape index (κ3) is 4.58. The number of nitrogens with zero attached hydrogens (tertiary/aromatic N) is 2. The molecule has 0 radical (unpaired) electrons. The molecule has 0 N–H and O–H groups in total. The second-order valence-corrected chi connectivity index (χ2v) is 8.39. The maximum atomic E-state index is 12.3. The minimum atomic E-state index is -3.64. The van der Waals surface area contributed by atoms with Gasteiger partial charge in [-0.15, -0.1) is 0 Å². The van der Waals surface area contributed by atoms with E-state index < -0.39 is 32.8 Å². The van der Waals surface area contributed by atoms with Crippen molar-refractivity contribution >= 4 is 15.9 Å². The highest BCUT2D eigenvalue weighted by molar-refractivity contribution is 7.91. The number of sulfone groups is 1. The van der Waals surface area contributed by atoms with Gasteiger partial charge in [0, 0.05) is 6.26 Å². The lowest BCUT2D eigenvalue weighted by molar-refractivity contribution is -0.0540. The average molecular weight is 318 g/mol. The molecule has 1 fully saturated rings. The first-order chi connectivity index (χ1) is 9.47. The Kier molecular flexibility index (Phi) is 5.23. The summed E-state index contributed by atoms with van der Waals surface area (Å²) < 4.78 is 34.2. The van der Waals surface area contributed by atoms with Crippen LogP contribution in [0, 0.1) is 11.3 Å². The fraction of sp³-hybridized carbons (Fsp3) is 0.846. The molecule has 7 nitrogen and oxygen atoms in total. The predicted octanol–water partition coefficient (Wildman–Crippen LogP) is 0.948. The second kappa shape index (κ2) is 6.20. The van der Waals surface area contributed by atoms with Gasteiger partial charge in [0.15, 0.2) is 15.1 Å². The number of carbonyl (C=O) groups excluding carboxylic acids is 1. The number of nitriles is 1. The molecule has 0 saturated carbocycles. The molecule has 8 heteroatoms. The number of hydrogen-bond acceptors (Lipinski definition) is 6. The summed E-state index contributed by atoms with van der Waals surface area (Å²) in [7, 11) is -3.64. The molecular formula is C13H22N2O5S. The van der Waals surface area contributed by atoms with Crippen molar-refractivity contribution in [1.29, 1.82) is 5.26 Å². The molecule has 1 aliphatic rings. The Labute approximate surface area is 125 Å². The number of amides is 1. The minimum Gasteiger partial charge on any atom is -0.444 e. The van der Waals surface area contributed by atoms with Crippen LogP contribution in [0.3, 0.4) is 0 Å². The van der Waals surface area contributed by atoms with Gasteiger partial charge >= 0.3 is 6.09 Å². The zero-order chi connectivity index (χ0) is 16.4. The van der Waals surface area contributed by atoms with Crippen LogP contribution in [-0.2, 0) is 19.3 Å². The molecule has 0 aromatic heterocycles. The van der Waals surface area contributed by atoms with Gasteiger partial charge in [-0.1, -0.05) is 0 Å². The van der Waals surface area contributed by atoms with Crippen LogP contribution < -0.4 is 0 Å². The van der Waals surface area contributed by atoms with Crippen LogP contribution in [0.25, 0.3) is 0 Å². The van der Waals surface area contributed by atoms with Gasteiger partial charge in [0.25, 0.3) is 0 Å². The number of carbonyl (C=O) groups is 1. The summed E-state index contributed by atoms with van der Waals surface area (Å²) in [6.45, 7) is 7.18. The number of hydrogen-bond donors (Lipinski definition) is 0. The molecule has 0 aliphatic carbocycles. The van der Waals surface area contributed by atoms with Crippen molar-refractivity contribution in [3.05, 3.63) is 0 Å². The van der Waals surface area contributed by atoms with Crippen LogP contribution in [0.5, 0.6) is 0 Å². The van der Waals surface area contributed by atoms with Gasteiger partial charge in [-0.2, -0.15) is 5.26 Å². The van der Waals surface area contributed by atoms with Gasteiger partial charge in [0.2, 0.25) is 0 Å². The summed E-state index contributed by atoms with van der Waals surface area (Å²) >= 11 is 0. The van der Waals surface area contributed by atoms with E-state index in [1.807, 2.05) is 0 Å². The van der Waals surface area contributed by atoms with Crippen molar-refractivity contribution in [3.8, 4) is 6.07 Å². The van der Waals surface area contributed by atoms with E-state index in [1.165, 1.54) is 4.90 Å². The van der Waals surface area contributed by atoms with Crippen molar-refractivity contribution in [2.24, 2.45) is 0 Å². The molecule has 3 atom stereocenters. The van der Waals surface area contributed by atoms with E-state index in [-0.39, 0.29) is 19.3 Å². The molecule has 21 heavy (non-hydrogen) atoms. The van der Waals surface area contributed by atoms with Crippen LogP contribution in [0.2, 0.25) is 0 Å². The Hall–Kier alpha value is -1.33. The largest absolute Gasteiger partial charge is 0.444 e. The van der Waals surface area contributed by atoms with Crippen LogP contribution in [-0.4, -0.2) is 61.8 Å². The lowest BCUT2D eigenvalue weighted by Gasteiger charge is -2.41. The van der Waals surface area contributed by atoms with Gasteiger partial charge < -0.3 is 9.47 Å². The first-order valence-corrected chi connectivity index (χ1v) is 8.60. The zero-order valence-electron chi connectivity index (χ0n) is 13.0. The fourth-order valence-electron chi connectivity index (χ4n) is 2.18. The average Bonchev–Trinajstić information content (AvgIpc) is 2.25. The van der Waals surface area contributed by atoms with Gasteiger partial charge in [0.05, 0.1) is 31.4 Å². The number of morpholine rings is 1. The highest BCUT2D eigenvalue weighted by atomic mass is 32.2. The smallest absolute Gasteiger partial charge is 0.411 e. The lowest BCUT2D eigenvalue weighted by Crippen LogP contribution is -2.60. The number of ether oxygens (including phenoxy) is 2. The van der Waals surface area contributed by atoms with E-state index in [1.54, 1.807) is 33.8 Å². The molecule has 1 saturated heterocycles. The monoisotopic (exact) mass is 318 g/mol. The van der Waals surface area contributed by atoms with Crippen LogP contribution in [0.15, 0.2) is 0 Å². The highest BCUT2D eigenvalue weighted by Gasteiger charge is 2.43. The molecule has 0 spiro atoms. The Balaban J connectivity index is 3.10. The summed E-state index contributed by atoms with van der Waals surface area (Å²) in [4.78, 5) is 13.6. The standard InChI is InChI=1S/C13H22N2O5S/c1-9-7-19-8-10(11(6-14)21(5,17)18)15(9)12(16)20-13(2,3)4/h9-11H,7-8H2,1-5H3. The highest BCUT2D eigenvalue weighted by Crippen LogP contribution is 2.23. The van der Waals surface area contributed by atoms with E-state index >= 15 is 0 Å². The Morgan fingerprint density at radius 3 is 2.43 bits per heavy atom. The van der Waals surface area contributed by atoms with Gasteiger partial charge in [-0.25, -0.2) is 13.2 Å². The minimum absolute atomic E-state index is 0.00508. The topological polar surface area (TPSA) is 96.7 Å². The summed E-state index contributed by atoms with van der Waals surface area (Å²) in [6, 6.07) is 0.526. The predicted molar refractivity (Wildman–Crippen MR) is 76.4 cm³/mol. The number of rotatable bonds is 2. The van der Waals surface area contributed by atoms with Crippen molar-refractivity contribution in [1.82, 2.24) is 4.90 Å². The molecular weight excluding hydrogens is 296 g/mol. The van der Waals surface area contributed by atoms with Gasteiger partial charge in [-0.05, 0) is 27.7 Å². The molecule has 0 aromatic rings. The van der Waals surface area contributed by atoms with Crippen molar-refractivity contribution in [2.75, 3.05) is 19.5 Å². The molecule has 1 amide bonds. The van der Waals surface area contributed by atoms with E-state index in [4.69, 9.17) is 14.7 Å². The molecule has 1 aliphatic heterocycles. The molecule has 1 rings (SSSR count). The van der Waals surface area contributed by atoms with E-state index in [2.05, 4.69) is 0 Å². The summed E-state index contributed by atoms with van der Waals surface area (Å²) in [5.74, 6) is 0. The summed E-state index contributed by atoms with van der Waals surface area (Å²) in [5.41, 5.74) is -0.702. The molecule has 3 unspecified atom stereocenters. The zero-order valence-corrected chi connectivity index (χ0v) is 13.8. The SMILES string of the molecule is CC1COCC(C(C#N)S(C)(=O)=O)N1C(=O)OC(C)(C)C. The maximum Gasteiger partial charge on any atom is 0.411 e.